The first-order valence-electron chi connectivity index (χ1n) is 4.39. The molecule has 0 atom stereocenters. The average Bonchev–Trinajstić information content (AvgIpc) is 2.52. The van der Waals surface area contributed by atoms with Gasteiger partial charge in [-0.05, 0) is 17.7 Å². The zero-order valence-corrected chi connectivity index (χ0v) is 7.87. The first kappa shape index (κ1) is 8.94. The molecular formula is C11H10FN2. The van der Waals surface area contributed by atoms with Crippen LogP contribution >= 0.6 is 0 Å². The molecule has 0 unspecified atom stereocenters. The summed E-state index contributed by atoms with van der Waals surface area (Å²) in [6.45, 7) is 0. The van der Waals surface area contributed by atoms with E-state index in [0.717, 1.165) is 11.3 Å². The van der Waals surface area contributed by atoms with Gasteiger partial charge in [-0.3, -0.25) is 4.68 Å². The zero-order valence-electron chi connectivity index (χ0n) is 7.87. The van der Waals surface area contributed by atoms with Crippen LogP contribution in [-0.4, -0.2) is 9.78 Å². The summed E-state index contributed by atoms with van der Waals surface area (Å²) in [7, 11) is 1.85. The van der Waals surface area contributed by atoms with Gasteiger partial charge in [0, 0.05) is 19.5 Å². The Labute approximate surface area is 82.0 Å². The summed E-state index contributed by atoms with van der Waals surface area (Å²) in [6.07, 6.45) is 2.28. The number of rotatable bonds is 2. The molecule has 3 heteroatoms. The quantitative estimate of drug-likeness (QED) is 0.706. The zero-order chi connectivity index (χ0) is 9.97. The predicted octanol–water partition coefficient (Wildman–Crippen LogP) is 1.95. The van der Waals surface area contributed by atoms with Gasteiger partial charge in [-0.25, -0.2) is 4.39 Å². The molecule has 0 N–H and O–H groups in total. The monoisotopic (exact) mass is 189 g/mol. The van der Waals surface area contributed by atoms with Crippen molar-refractivity contribution in [2.45, 2.75) is 6.42 Å². The standard InChI is InChI=1S/C11H10FN2/c1-14-11(5-6-13-14)8-9-3-2-4-10(12)7-9/h2-4,6-7H,8H2,1H3. The topological polar surface area (TPSA) is 17.8 Å². The third-order valence-electron chi connectivity index (χ3n) is 2.11. The van der Waals surface area contributed by atoms with Crippen LogP contribution in [0, 0.1) is 11.9 Å². The van der Waals surface area contributed by atoms with Crippen molar-refractivity contribution in [3.05, 3.63) is 53.6 Å². The molecule has 1 radical (unpaired) electrons. The lowest BCUT2D eigenvalue weighted by atomic mass is 10.1. The van der Waals surface area contributed by atoms with Crippen molar-refractivity contribution in [1.82, 2.24) is 9.78 Å². The molecule has 0 aliphatic heterocycles. The van der Waals surface area contributed by atoms with Crippen LogP contribution in [0.3, 0.4) is 0 Å². The maximum Gasteiger partial charge on any atom is 0.123 e. The Balaban J connectivity index is 2.23. The molecule has 0 bridgehead atoms. The van der Waals surface area contributed by atoms with E-state index in [1.165, 1.54) is 12.1 Å². The Morgan fingerprint density at radius 1 is 1.50 bits per heavy atom. The van der Waals surface area contributed by atoms with Crippen molar-refractivity contribution < 1.29 is 4.39 Å². The second-order valence-electron chi connectivity index (χ2n) is 3.17. The molecule has 1 heterocycles. The van der Waals surface area contributed by atoms with E-state index in [1.54, 1.807) is 16.9 Å². The highest BCUT2D eigenvalue weighted by atomic mass is 19.1. The van der Waals surface area contributed by atoms with E-state index in [9.17, 15) is 4.39 Å². The van der Waals surface area contributed by atoms with Gasteiger partial charge in [-0.1, -0.05) is 12.1 Å². The number of aromatic nitrogens is 2. The molecule has 14 heavy (non-hydrogen) atoms. The van der Waals surface area contributed by atoms with Crippen molar-refractivity contribution in [3.8, 4) is 0 Å². The summed E-state index contributed by atoms with van der Waals surface area (Å²) in [5.41, 5.74) is 1.89. The van der Waals surface area contributed by atoms with E-state index >= 15 is 0 Å². The fourth-order valence-electron chi connectivity index (χ4n) is 1.36. The lowest BCUT2D eigenvalue weighted by Gasteiger charge is -2.01. The number of hydrogen-bond donors (Lipinski definition) is 0. The molecule has 2 nitrogen and oxygen atoms in total. The highest BCUT2D eigenvalue weighted by molar-refractivity contribution is 5.21. The van der Waals surface area contributed by atoms with Gasteiger partial charge in [0.25, 0.3) is 0 Å². The molecule has 71 valence electrons. The Hall–Kier alpha value is -1.64. The lowest BCUT2D eigenvalue weighted by Crippen LogP contribution is -1.99. The number of hydrogen-bond acceptors (Lipinski definition) is 1. The van der Waals surface area contributed by atoms with Crippen LogP contribution in [0.1, 0.15) is 11.3 Å². The number of benzene rings is 1. The van der Waals surface area contributed by atoms with E-state index in [4.69, 9.17) is 0 Å². The maximum absolute atomic E-state index is 12.9. The van der Waals surface area contributed by atoms with E-state index in [1.807, 2.05) is 13.1 Å². The van der Waals surface area contributed by atoms with Crippen LogP contribution in [0.2, 0.25) is 0 Å². The van der Waals surface area contributed by atoms with Crippen LogP contribution < -0.4 is 0 Å². The number of halogens is 1. The minimum atomic E-state index is -0.204. The molecule has 0 amide bonds. The lowest BCUT2D eigenvalue weighted by molar-refractivity contribution is 0.625. The van der Waals surface area contributed by atoms with Gasteiger partial charge < -0.3 is 0 Å². The van der Waals surface area contributed by atoms with E-state index in [0.29, 0.717) is 6.42 Å². The SMILES string of the molecule is Cn1nc[c]c1Cc1cccc(F)c1. The molecule has 0 spiro atoms. The fraction of sp³-hybridized carbons (Fsp3) is 0.182. The van der Waals surface area contributed by atoms with Crippen molar-refractivity contribution in [2.24, 2.45) is 7.05 Å². The van der Waals surface area contributed by atoms with Crippen molar-refractivity contribution in [3.63, 3.8) is 0 Å². The third kappa shape index (κ3) is 1.82. The molecule has 1 aromatic carbocycles. The summed E-state index contributed by atoms with van der Waals surface area (Å²) in [5, 5.41) is 4.00. The van der Waals surface area contributed by atoms with Crippen LogP contribution in [0.4, 0.5) is 4.39 Å². The fourth-order valence-corrected chi connectivity index (χ4v) is 1.36. The second kappa shape index (κ2) is 3.62. The largest absolute Gasteiger partial charge is 0.272 e. The normalized spacial score (nSPS) is 10.4. The van der Waals surface area contributed by atoms with Crippen LogP contribution in [0.15, 0.2) is 30.5 Å². The van der Waals surface area contributed by atoms with Gasteiger partial charge in [0.1, 0.15) is 5.82 Å². The minimum absolute atomic E-state index is 0.204. The highest BCUT2D eigenvalue weighted by Crippen LogP contribution is 2.09. The molecule has 0 fully saturated rings. The molecule has 2 rings (SSSR count). The first-order chi connectivity index (χ1) is 6.75. The van der Waals surface area contributed by atoms with Gasteiger partial charge in [0.2, 0.25) is 0 Å². The van der Waals surface area contributed by atoms with Gasteiger partial charge in [-0.15, -0.1) is 0 Å². The van der Waals surface area contributed by atoms with Gasteiger partial charge in [0.05, 0.1) is 11.9 Å². The molecule has 0 aliphatic carbocycles. The second-order valence-corrected chi connectivity index (χ2v) is 3.17. The first-order valence-corrected chi connectivity index (χ1v) is 4.39. The van der Waals surface area contributed by atoms with E-state index in [-0.39, 0.29) is 5.82 Å². The molecule has 0 saturated heterocycles. The molecule has 2 aromatic rings. The predicted molar refractivity (Wildman–Crippen MR) is 51.3 cm³/mol. The van der Waals surface area contributed by atoms with Gasteiger partial charge in [0.15, 0.2) is 0 Å². The third-order valence-corrected chi connectivity index (χ3v) is 2.11. The number of nitrogens with zero attached hydrogens (tertiary/aromatic N) is 2. The Morgan fingerprint density at radius 2 is 2.36 bits per heavy atom. The summed E-state index contributed by atoms with van der Waals surface area (Å²) >= 11 is 0. The van der Waals surface area contributed by atoms with E-state index < -0.39 is 0 Å². The van der Waals surface area contributed by atoms with Gasteiger partial charge >= 0.3 is 0 Å². The molecular weight excluding hydrogens is 179 g/mol. The Bertz CT molecular complexity index is 434. The average molecular weight is 189 g/mol. The van der Waals surface area contributed by atoms with Crippen LogP contribution in [0.25, 0.3) is 0 Å². The maximum atomic E-state index is 12.9. The molecule has 1 aromatic heterocycles. The summed E-state index contributed by atoms with van der Waals surface area (Å²) in [5.74, 6) is -0.204. The minimum Gasteiger partial charge on any atom is -0.272 e. The van der Waals surface area contributed by atoms with Crippen LogP contribution in [-0.2, 0) is 13.5 Å². The molecule has 0 saturated carbocycles. The Kier molecular flexibility index (Phi) is 2.31. The summed E-state index contributed by atoms with van der Waals surface area (Å²) in [6, 6.07) is 9.57. The Morgan fingerprint density at radius 3 is 3.00 bits per heavy atom. The molecule has 0 aliphatic rings. The summed E-state index contributed by atoms with van der Waals surface area (Å²) in [4.78, 5) is 0. The van der Waals surface area contributed by atoms with Crippen LogP contribution in [0.5, 0.6) is 0 Å². The van der Waals surface area contributed by atoms with Crippen molar-refractivity contribution in [2.75, 3.05) is 0 Å². The van der Waals surface area contributed by atoms with E-state index in [2.05, 4.69) is 11.2 Å². The highest BCUT2D eigenvalue weighted by Gasteiger charge is 2.01. The van der Waals surface area contributed by atoms with Crippen molar-refractivity contribution >= 4 is 0 Å². The summed E-state index contributed by atoms with van der Waals surface area (Å²) < 4.78 is 14.6. The van der Waals surface area contributed by atoms with Gasteiger partial charge in [-0.2, -0.15) is 5.10 Å². The smallest absolute Gasteiger partial charge is 0.123 e. The van der Waals surface area contributed by atoms with Crippen molar-refractivity contribution in [1.29, 1.82) is 0 Å². The number of aryl methyl sites for hydroxylation is 1.